The van der Waals surface area contributed by atoms with Gasteiger partial charge in [0.05, 0.1) is 0 Å². The Labute approximate surface area is 100 Å². The Morgan fingerprint density at radius 3 is 2.94 bits per heavy atom. The lowest BCUT2D eigenvalue weighted by Crippen LogP contribution is -2.39. The second-order valence-corrected chi connectivity index (χ2v) is 4.81. The van der Waals surface area contributed by atoms with Gasteiger partial charge in [-0.05, 0) is 36.6 Å². The zero-order chi connectivity index (χ0) is 11.7. The van der Waals surface area contributed by atoms with Crippen molar-refractivity contribution < 1.29 is 4.79 Å². The monoisotopic (exact) mass is 238 g/mol. The van der Waals surface area contributed by atoms with E-state index in [1.54, 1.807) is 11.8 Å². The van der Waals surface area contributed by atoms with Gasteiger partial charge < -0.3 is 10.6 Å². The second-order valence-electron chi connectivity index (χ2n) is 4.15. The van der Waals surface area contributed by atoms with Crippen LogP contribution in [0, 0.1) is 0 Å². The fourth-order valence-electron chi connectivity index (χ4n) is 2.02. The van der Waals surface area contributed by atoms with E-state index >= 15 is 0 Å². The summed E-state index contributed by atoms with van der Waals surface area (Å²) < 4.78 is 0. The van der Waals surface area contributed by atoms with Crippen molar-refractivity contribution in [1.82, 2.24) is 4.90 Å². The summed E-state index contributed by atoms with van der Waals surface area (Å²) in [4.78, 5) is 13.5. The standard InChI is InChI=1S/C12H15ClN2O/c1-8(13)12(16)15-5-4-9-2-3-11(14)6-10(9)7-15/h2-3,6,8H,4-5,7,14H2,1H3. The van der Waals surface area contributed by atoms with Crippen molar-refractivity contribution in [2.45, 2.75) is 25.3 Å². The van der Waals surface area contributed by atoms with Crippen LogP contribution in [0.15, 0.2) is 18.2 Å². The Bertz CT molecular complexity index is 417. The number of carbonyl (C=O) groups excluding carboxylic acids is 1. The molecule has 2 rings (SSSR count). The Morgan fingerprint density at radius 1 is 1.50 bits per heavy atom. The van der Waals surface area contributed by atoms with Crippen LogP contribution in [0.4, 0.5) is 5.69 Å². The van der Waals surface area contributed by atoms with E-state index in [1.165, 1.54) is 5.56 Å². The van der Waals surface area contributed by atoms with Gasteiger partial charge in [-0.3, -0.25) is 4.79 Å². The normalized spacial score (nSPS) is 16.8. The predicted molar refractivity (Wildman–Crippen MR) is 65.3 cm³/mol. The third-order valence-electron chi connectivity index (χ3n) is 2.89. The molecule has 3 nitrogen and oxygen atoms in total. The van der Waals surface area contributed by atoms with Gasteiger partial charge in [-0.15, -0.1) is 11.6 Å². The van der Waals surface area contributed by atoms with Crippen molar-refractivity contribution in [1.29, 1.82) is 0 Å². The molecular weight excluding hydrogens is 224 g/mol. The lowest BCUT2D eigenvalue weighted by molar-refractivity contribution is -0.131. The van der Waals surface area contributed by atoms with E-state index in [0.29, 0.717) is 6.54 Å². The van der Waals surface area contributed by atoms with Gasteiger partial charge in [-0.2, -0.15) is 0 Å². The van der Waals surface area contributed by atoms with E-state index in [-0.39, 0.29) is 5.91 Å². The number of nitrogen functional groups attached to an aromatic ring is 1. The van der Waals surface area contributed by atoms with E-state index in [2.05, 4.69) is 0 Å². The predicted octanol–water partition coefficient (Wildman–Crippen LogP) is 1.78. The molecule has 16 heavy (non-hydrogen) atoms. The molecule has 0 aromatic heterocycles. The molecule has 1 atom stereocenters. The van der Waals surface area contributed by atoms with Crippen LogP contribution in [0.3, 0.4) is 0 Å². The van der Waals surface area contributed by atoms with Gasteiger partial charge in [-0.25, -0.2) is 0 Å². The molecule has 0 fully saturated rings. The summed E-state index contributed by atoms with van der Waals surface area (Å²) in [5, 5.41) is -0.456. The van der Waals surface area contributed by atoms with Crippen LogP contribution in [0.2, 0.25) is 0 Å². The molecule has 0 saturated carbocycles. The summed E-state index contributed by atoms with van der Waals surface area (Å²) in [5.41, 5.74) is 8.89. The van der Waals surface area contributed by atoms with E-state index in [4.69, 9.17) is 17.3 Å². The van der Waals surface area contributed by atoms with Crippen molar-refractivity contribution in [2.24, 2.45) is 0 Å². The summed E-state index contributed by atoms with van der Waals surface area (Å²) in [5.74, 6) is -0.00487. The molecule has 1 unspecified atom stereocenters. The van der Waals surface area contributed by atoms with Gasteiger partial charge in [0.25, 0.3) is 0 Å². The first-order chi connectivity index (χ1) is 7.58. The lowest BCUT2D eigenvalue weighted by Gasteiger charge is -2.29. The SMILES string of the molecule is CC(Cl)C(=O)N1CCc2ccc(N)cc2C1. The van der Waals surface area contributed by atoms with Gasteiger partial charge in [-0.1, -0.05) is 6.07 Å². The second kappa shape index (κ2) is 4.34. The summed E-state index contributed by atoms with van der Waals surface area (Å²) in [6, 6.07) is 5.88. The number of fused-ring (bicyclic) bond motifs is 1. The highest BCUT2D eigenvalue weighted by Crippen LogP contribution is 2.22. The molecule has 1 aromatic rings. The first-order valence-electron chi connectivity index (χ1n) is 5.38. The van der Waals surface area contributed by atoms with Crippen molar-refractivity contribution in [3.8, 4) is 0 Å². The van der Waals surface area contributed by atoms with Crippen LogP contribution in [0.5, 0.6) is 0 Å². The van der Waals surface area contributed by atoms with Crippen LogP contribution in [0.1, 0.15) is 18.1 Å². The van der Waals surface area contributed by atoms with Crippen LogP contribution >= 0.6 is 11.6 Å². The number of amides is 1. The number of hydrogen-bond donors (Lipinski definition) is 1. The Kier molecular flexibility index (Phi) is 3.06. The molecule has 1 heterocycles. The Balaban J connectivity index is 2.20. The van der Waals surface area contributed by atoms with Crippen molar-refractivity contribution in [3.05, 3.63) is 29.3 Å². The minimum absolute atomic E-state index is 0.00487. The third kappa shape index (κ3) is 2.14. The third-order valence-corrected chi connectivity index (χ3v) is 3.08. The average Bonchev–Trinajstić information content (AvgIpc) is 2.26. The topological polar surface area (TPSA) is 46.3 Å². The molecule has 1 aliphatic heterocycles. The average molecular weight is 239 g/mol. The first-order valence-corrected chi connectivity index (χ1v) is 5.81. The highest BCUT2D eigenvalue weighted by molar-refractivity contribution is 6.30. The molecule has 1 aromatic carbocycles. The number of alkyl halides is 1. The maximum atomic E-state index is 11.8. The number of nitrogens with two attached hydrogens (primary N) is 1. The summed E-state index contributed by atoms with van der Waals surface area (Å²) in [6.45, 7) is 3.07. The molecule has 0 bridgehead atoms. The molecule has 86 valence electrons. The maximum absolute atomic E-state index is 11.8. The number of nitrogens with zero attached hydrogens (tertiary/aromatic N) is 1. The van der Waals surface area contributed by atoms with E-state index < -0.39 is 5.38 Å². The number of benzene rings is 1. The largest absolute Gasteiger partial charge is 0.399 e. The number of anilines is 1. The molecule has 1 amide bonds. The van der Waals surface area contributed by atoms with Gasteiger partial charge in [0, 0.05) is 18.8 Å². The molecule has 4 heteroatoms. The fraction of sp³-hybridized carbons (Fsp3) is 0.417. The number of rotatable bonds is 1. The molecule has 0 spiro atoms. The van der Waals surface area contributed by atoms with E-state index in [9.17, 15) is 4.79 Å². The van der Waals surface area contributed by atoms with Gasteiger partial charge in [0.1, 0.15) is 5.38 Å². The molecule has 2 N–H and O–H groups in total. The zero-order valence-corrected chi connectivity index (χ0v) is 10.00. The summed E-state index contributed by atoms with van der Waals surface area (Å²) in [6.07, 6.45) is 0.880. The van der Waals surface area contributed by atoms with Gasteiger partial charge in [0.15, 0.2) is 0 Å². The van der Waals surface area contributed by atoms with E-state index in [0.717, 1.165) is 24.2 Å². The molecule has 0 aliphatic carbocycles. The Hall–Kier alpha value is -1.22. The molecule has 1 aliphatic rings. The minimum atomic E-state index is -0.456. The van der Waals surface area contributed by atoms with Crippen molar-refractivity contribution in [2.75, 3.05) is 12.3 Å². The van der Waals surface area contributed by atoms with Crippen molar-refractivity contribution >= 4 is 23.2 Å². The van der Waals surface area contributed by atoms with Crippen LogP contribution < -0.4 is 5.73 Å². The van der Waals surface area contributed by atoms with Crippen molar-refractivity contribution in [3.63, 3.8) is 0 Å². The fourth-order valence-corrected chi connectivity index (χ4v) is 2.15. The number of halogens is 1. The quantitative estimate of drug-likeness (QED) is 0.599. The highest BCUT2D eigenvalue weighted by atomic mass is 35.5. The summed E-state index contributed by atoms with van der Waals surface area (Å²) >= 11 is 5.80. The molecule has 0 radical (unpaired) electrons. The zero-order valence-electron chi connectivity index (χ0n) is 9.24. The first kappa shape index (κ1) is 11.3. The highest BCUT2D eigenvalue weighted by Gasteiger charge is 2.23. The summed E-state index contributed by atoms with van der Waals surface area (Å²) in [7, 11) is 0. The smallest absolute Gasteiger partial charge is 0.240 e. The molecular formula is C12H15ClN2O. The van der Waals surface area contributed by atoms with Crippen LogP contribution in [0.25, 0.3) is 0 Å². The van der Waals surface area contributed by atoms with E-state index in [1.807, 2.05) is 18.2 Å². The van der Waals surface area contributed by atoms with Crippen LogP contribution in [-0.2, 0) is 17.8 Å². The lowest BCUT2D eigenvalue weighted by atomic mass is 9.99. The maximum Gasteiger partial charge on any atom is 0.240 e. The Morgan fingerprint density at radius 2 is 2.25 bits per heavy atom. The molecule has 0 saturated heterocycles. The number of carbonyl (C=O) groups is 1. The van der Waals surface area contributed by atoms with Gasteiger partial charge in [0.2, 0.25) is 5.91 Å². The van der Waals surface area contributed by atoms with Crippen LogP contribution in [-0.4, -0.2) is 22.7 Å². The minimum Gasteiger partial charge on any atom is -0.399 e. The number of hydrogen-bond acceptors (Lipinski definition) is 2. The van der Waals surface area contributed by atoms with Gasteiger partial charge >= 0.3 is 0 Å².